The summed E-state index contributed by atoms with van der Waals surface area (Å²) in [5.74, 6) is -1.79. The fourth-order valence-corrected chi connectivity index (χ4v) is 3.01. The van der Waals surface area contributed by atoms with Crippen LogP contribution in [-0.4, -0.2) is 28.5 Å². The molecule has 23 heavy (non-hydrogen) atoms. The minimum atomic E-state index is -4.88. The summed E-state index contributed by atoms with van der Waals surface area (Å²) in [6.45, 7) is 3.78. The highest BCUT2D eigenvalue weighted by atomic mass is 19.4. The molecule has 1 aliphatic rings. The van der Waals surface area contributed by atoms with Gasteiger partial charge < -0.3 is 9.88 Å². The van der Waals surface area contributed by atoms with Crippen molar-refractivity contribution < 1.29 is 18.0 Å². The number of hydrogen-bond acceptors (Lipinski definition) is 1. The van der Waals surface area contributed by atoms with Crippen LogP contribution in [0.1, 0.15) is 25.1 Å². The van der Waals surface area contributed by atoms with Gasteiger partial charge in [0.25, 0.3) is 0 Å². The number of amides is 1. The Labute approximate surface area is 131 Å². The van der Waals surface area contributed by atoms with Crippen molar-refractivity contribution in [1.29, 1.82) is 0 Å². The van der Waals surface area contributed by atoms with Crippen molar-refractivity contribution in [1.82, 2.24) is 9.88 Å². The molecule has 0 saturated carbocycles. The Kier molecular flexibility index (Phi) is 3.70. The Morgan fingerprint density at radius 1 is 1.30 bits per heavy atom. The molecule has 0 atom stereocenters. The second kappa shape index (κ2) is 5.44. The molecule has 3 nitrogen and oxygen atoms in total. The molecule has 1 aliphatic heterocycles. The maximum atomic E-state index is 12.9. The second-order valence-corrected chi connectivity index (χ2v) is 6.02. The number of aromatic amines is 1. The van der Waals surface area contributed by atoms with Gasteiger partial charge in [0.2, 0.25) is 0 Å². The van der Waals surface area contributed by atoms with E-state index in [0.29, 0.717) is 17.8 Å². The summed E-state index contributed by atoms with van der Waals surface area (Å²) >= 11 is 0. The van der Waals surface area contributed by atoms with Gasteiger partial charge in [-0.05, 0) is 24.0 Å². The minimum Gasteiger partial charge on any atom is -0.353 e. The summed E-state index contributed by atoms with van der Waals surface area (Å²) in [6, 6.07) is 7.60. The zero-order valence-electron chi connectivity index (χ0n) is 12.9. The topological polar surface area (TPSA) is 36.1 Å². The summed E-state index contributed by atoms with van der Waals surface area (Å²) < 4.78 is 38.7. The smallest absolute Gasteiger partial charge is 0.353 e. The molecule has 0 radical (unpaired) electrons. The van der Waals surface area contributed by atoms with E-state index in [-0.39, 0.29) is 12.5 Å². The molecule has 1 aromatic carbocycles. The fraction of sp³-hybridized carbons (Fsp3) is 0.353. The number of para-hydroxylation sites is 1. The molecule has 6 heteroatoms. The number of rotatable bonds is 1. The van der Waals surface area contributed by atoms with Gasteiger partial charge in [0.1, 0.15) is 0 Å². The van der Waals surface area contributed by atoms with Crippen LogP contribution in [0, 0.1) is 5.92 Å². The molecule has 0 fully saturated rings. The zero-order chi connectivity index (χ0) is 16.8. The van der Waals surface area contributed by atoms with Crippen LogP contribution in [0.4, 0.5) is 13.2 Å². The SMILES string of the molecule is CC(C)/C=C1\c2[nH]c3ccccc3c2CCN1C(=O)C(F)(F)F. The van der Waals surface area contributed by atoms with E-state index in [4.69, 9.17) is 0 Å². The van der Waals surface area contributed by atoms with Gasteiger partial charge in [0, 0.05) is 17.4 Å². The number of fused-ring (bicyclic) bond motifs is 3. The summed E-state index contributed by atoms with van der Waals surface area (Å²) in [6.07, 6.45) is -2.77. The summed E-state index contributed by atoms with van der Waals surface area (Å²) in [5.41, 5.74) is 2.77. The number of nitrogens with one attached hydrogen (secondary N) is 1. The Hall–Kier alpha value is -2.24. The van der Waals surface area contributed by atoms with E-state index in [1.165, 1.54) is 0 Å². The van der Waals surface area contributed by atoms with E-state index in [0.717, 1.165) is 21.4 Å². The fourth-order valence-electron chi connectivity index (χ4n) is 3.01. The molecule has 122 valence electrons. The molecule has 2 aromatic rings. The predicted octanol–water partition coefficient (Wildman–Crippen LogP) is 4.11. The number of carbonyl (C=O) groups is 1. The zero-order valence-corrected chi connectivity index (χ0v) is 12.9. The number of aromatic nitrogens is 1. The average molecular weight is 322 g/mol. The van der Waals surface area contributed by atoms with E-state index in [2.05, 4.69) is 4.98 Å². The first-order valence-electron chi connectivity index (χ1n) is 7.49. The lowest BCUT2D eigenvalue weighted by molar-refractivity contribution is -0.182. The third kappa shape index (κ3) is 2.73. The standard InChI is InChI=1S/C17H17F3N2O/c1-10(2)9-14-15-12(11-5-3-4-6-13(11)21-15)7-8-22(14)16(23)17(18,19)20/h3-6,9-10,21H,7-8H2,1-2H3/b14-9+. The largest absolute Gasteiger partial charge is 0.471 e. The summed E-state index contributed by atoms with van der Waals surface area (Å²) in [7, 11) is 0. The van der Waals surface area contributed by atoms with Gasteiger partial charge in [-0.15, -0.1) is 0 Å². The van der Waals surface area contributed by atoms with E-state index in [9.17, 15) is 18.0 Å². The van der Waals surface area contributed by atoms with Gasteiger partial charge in [-0.3, -0.25) is 4.79 Å². The van der Waals surface area contributed by atoms with Crippen molar-refractivity contribution in [2.24, 2.45) is 5.92 Å². The molecule has 1 aromatic heterocycles. The molecule has 1 N–H and O–H groups in total. The van der Waals surface area contributed by atoms with Crippen LogP contribution in [-0.2, 0) is 11.2 Å². The second-order valence-electron chi connectivity index (χ2n) is 6.02. The van der Waals surface area contributed by atoms with E-state index in [1.54, 1.807) is 6.08 Å². The predicted molar refractivity (Wildman–Crippen MR) is 82.6 cm³/mol. The normalized spacial score (nSPS) is 17.1. The number of hydrogen-bond donors (Lipinski definition) is 1. The highest BCUT2D eigenvalue weighted by molar-refractivity contribution is 5.96. The maximum Gasteiger partial charge on any atom is 0.471 e. The van der Waals surface area contributed by atoms with Crippen LogP contribution in [0.2, 0.25) is 0 Å². The van der Waals surface area contributed by atoms with Gasteiger partial charge in [-0.2, -0.15) is 13.2 Å². The quantitative estimate of drug-likeness (QED) is 0.842. The first-order valence-corrected chi connectivity index (χ1v) is 7.49. The van der Waals surface area contributed by atoms with Crippen molar-refractivity contribution in [3.05, 3.63) is 41.6 Å². The van der Waals surface area contributed by atoms with Crippen LogP contribution in [0.5, 0.6) is 0 Å². The average Bonchev–Trinajstić information content (AvgIpc) is 2.84. The van der Waals surface area contributed by atoms with Crippen molar-refractivity contribution in [2.45, 2.75) is 26.4 Å². The molecule has 2 heterocycles. The minimum absolute atomic E-state index is 0.0193. The van der Waals surface area contributed by atoms with Gasteiger partial charge in [-0.1, -0.05) is 38.1 Å². The molecular weight excluding hydrogens is 305 g/mol. The Morgan fingerprint density at radius 2 is 2.00 bits per heavy atom. The van der Waals surface area contributed by atoms with Gasteiger partial charge >= 0.3 is 12.1 Å². The summed E-state index contributed by atoms with van der Waals surface area (Å²) in [5, 5.41) is 0.997. The third-order valence-electron chi connectivity index (χ3n) is 3.92. The monoisotopic (exact) mass is 322 g/mol. The van der Waals surface area contributed by atoms with Gasteiger partial charge in [0.05, 0.1) is 11.4 Å². The first-order chi connectivity index (χ1) is 10.8. The Morgan fingerprint density at radius 3 is 2.65 bits per heavy atom. The van der Waals surface area contributed by atoms with Gasteiger partial charge in [0.15, 0.2) is 0 Å². The lowest BCUT2D eigenvalue weighted by Crippen LogP contribution is -2.43. The number of nitrogens with zero attached hydrogens (tertiary/aromatic N) is 1. The van der Waals surface area contributed by atoms with E-state index >= 15 is 0 Å². The molecule has 0 aliphatic carbocycles. The van der Waals surface area contributed by atoms with Crippen LogP contribution in [0.25, 0.3) is 16.6 Å². The molecular formula is C17H17F3N2O. The van der Waals surface area contributed by atoms with Crippen LogP contribution in [0.15, 0.2) is 30.3 Å². The van der Waals surface area contributed by atoms with Crippen molar-refractivity contribution in [2.75, 3.05) is 6.54 Å². The molecule has 0 bridgehead atoms. The molecule has 0 saturated heterocycles. The van der Waals surface area contributed by atoms with Crippen molar-refractivity contribution in [3.8, 4) is 0 Å². The number of alkyl halides is 3. The number of allylic oxidation sites excluding steroid dienone is 1. The van der Waals surface area contributed by atoms with E-state index in [1.807, 2.05) is 38.1 Å². The highest BCUT2D eigenvalue weighted by Gasteiger charge is 2.45. The first kappa shape index (κ1) is 15.6. The van der Waals surface area contributed by atoms with Crippen LogP contribution in [0.3, 0.4) is 0 Å². The highest BCUT2D eigenvalue weighted by Crippen LogP contribution is 2.36. The number of benzene rings is 1. The lowest BCUT2D eigenvalue weighted by atomic mass is 9.98. The van der Waals surface area contributed by atoms with E-state index < -0.39 is 12.1 Å². The number of carbonyl (C=O) groups excluding carboxylic acids is 1. The number of H-pyrrole nitrogens is 1. The molecule has 3 rings (SSSR count). The molecule has 0 unspecified atom stereocenters. The van der Waals surface area contributed by atoms with Crippen molar-refractivity contribution in [3.63, 3.8) is 0 Å². The lowest BCUT2D eigenvalue weighted by Gasteiger charge is -2.31. The summed E-state index contributed by atoms with van der Waals surface area (Å²) in [4.78, 5) is 15.8. The third-order valence-corrected chi connectivity index (χ3v) is 3.92. The maximum absolute atomic E-state index is 12.9. The molecule has 0 spiro atoms. The van der Waals surface area contributed by atoms with Crippen LogP contribution < -0.4 is 0 Å². The number of halogens is 3. The van der Waals surface area contributed by atoms with Crippen LogP contribution >= 0.6 is 0 Å². The Balaban J connectivity index is 2.16. The Bertz CT molecular complexity index is 787. The molecule has 1 amide bonds. The van der Waals surface area contributed by atoms with Crippen molar-refractivity contribution >= 4 is 22.5 Å². The van der Waals surface area contributed by atoms with Gasteiger partial charge in [-0.25, -0.2) is 0 Å².